The van der Waals surface area contributed by atoms with Gasteiger partial charge in [0, 0.05) is 0 Å². The standard InChI is InChI=1S/C8H8O3/c1-2-4-6(10-4)8-7(11-8)5-3(1)9-5/h1-8H/t3-,4-,5-,6-,7-,8+/m0/s1. The van der Waals surface area contributed by atoms with E-state index >= 15 is 0 Å². The third kappa shape index (κ3) is 0.596. The van der Waals surface area contributed by atoms with Crippen molar-refractivity contribution in [3.63, 3.8) is 0 Å². The minimum absolute atomic E-state index is 0.329. The highest BCUT2D eigenvalue weighted by Crippen LogP contribution is 2.48. The lowest BCUT2D eigenvalue weighted by molar-refractivity contribution is 0.294. The van der Waals surface area contributed by atoms with Gasteiger partial charge in [0.25, 0.3) is 0 Å². The van der Waals surface area contributed by atoms with Crippen LogP contribution in [0.1, 0.15) is 0 Å². The van der Waals surface area contributed by atoms with E-state index in [0.29, 0.717) is 36.6 Å². The molecule has 0 aromatic heterocycles. The highest BCUT2D eigenvalue weighted by atomic mass is 16.7. The first-order chi connectivity index (χ1) is 5.43. The van der Waals surface area contributed by atoms with E-state index in [9.17, 15) is 0 Å². The summed E-state index contributed by atoms with van der Waals surface area (Å²) in [6.07, 6.45) is 6.26. The molecule has 3 aliphatic heterocycles. The summed E-state index contributed by atoms with van der Waals surface area (Å²) in [5.41, 5.74) is 0. The maximum absolute atomic E-state index is 5.46. The van der Waals surface area contributed by atoms with Gasteiger partial charge in [-0.1, -0.05) is 12.2 Å². The van der Waals surface area contributed by atoms with Gasteiger partial charge < -0.3 is 14.2 Å². The van der Waals surface area contributed by atoms with Crippen molar-refractivity contribution in [1.29, 1.82) is 0 Å². The van der Waals surface area contributed by atoms with Crippen LogP contribution in [-0.2, 0) is 14.2 Å². The summed E-state index contributed by atoms with van der Waals surface area (Å²) in [4.78, 5) is 0. The van der Waals surface area contributed by atoms with E-state index in [2.05, 4.69) is 12.2 Å². The quantitative estimate of drug-likeness (QED) is 0.358. The Balaban J connectivity index is 1.72. The first-order valence-electron chi connectivity index (χ1n) is 4.08. The number of hydrogen-bond acceptors (Lipinski definition) is 3. The lowest BCUT2D eigenvalue weighted by Crippen LogP contribution is -2.12. The number of epoxide rings is 3. The largest absolute Gasteiger partial charge is 0.364 e. The van der Waals surface area contributed by atoms with Crippen LogP contribution in [0.15, 0.2) is 12.2 Å². The van der Waals surface area contributed by atoms with Gasteiger partial charge in [0.2, 0.25) is 0 Å². The second-order valence-electron chi connectivity index (χ2n) is 3.58. The molecule has 3 heteroatoms. The number of ether oxygens (including phenoxy) is 3. The molecule has 4 aliphatic rings. The summed E-state index contributed by atoms with van der Waals surface area (Å²) in [5, 5.41) is 0. The van der Waals surface area contributed by atoms with E-state index in [1.807, 2.05) is 0 Å². The zero-order valence-corrected chi connectivity index (χ0v) is 5.84. The minimum Gasteiger partial charge on any atom is -0.364 e. The topological polar surface area (TPSA) is 37.6 Å². The Hall–Kier alpha value is -0.380. The predicted molar refractivity (Wildman–Crippen MR) is 35.1 cm³/mol. The normalized spacial score (nSPS) is 68.4. The number of hydrogen-bond donors (Lipinski definition) is 0. The van der Waals surface area contributed by atoms with E-state index in [1.165, 1.54) is 0 Å². The Labute approximate surface area is 63.9 Å². The van der Waals surface area contributed by atoms with Gasteiger partial charge in [0.15, 0.2) is 0 Å². The van der Waals surface area contributed by atoms with Gasteiger partial charge >= 0.3 is 0 Å². The van der Waals surface area contributed by atoms with Gasteiger partial charge in [0.05, 0.1) is 0 Å². The van der Waals surface area contributed by atoms with Crippen LogP contribution in [-0.4, -0.2) is 36.6 Å². The van der Waals surface area contributed by atoms with E-state index in [-0.39, 0.29) is 0 Å². The van der Waals surface area contributed by atoms with E-state index in [4.69, 9.17) is 14.2 Å². The van der Waals surface area contributed by atoms with Gasteiger partial charge in [-0.3, -0.25) is 0 Å². The van der Waals surface area contributed by atoms with Crippen LogP contribution in [0.2, 0.25) is 0 Å². The van der Waals surface area contributed by atoms with Crippen LogP contribution in [0.3, 0.4) is 0 Å². The van der Waals surface area contributed by atoms with Gasteiger partial charge in [-0.25, -0.2) is 0 Å². The fourth-order valence-corrected chi connectivity index (χ4v) is 1.99. The van der Waals surface area contributed by atoms with Crippen LogP contribution in [0.4, 0.5) is 0 Å². The van der Waals surface area contributed by atoms with Gasteiger partial charge in [-0.05, 0) is 0 Å². The third-order valence-electron chi connectivity index (χ3n) is 2.82. The molecule has 0 N–H and O–H groups in total. The molecular formula is C8H8O3. The summed E-state index contributed by atoms with van der Waals surface area (Å²) in [7, 11) is 0. The Morgan fingerprint density at radius 1 is 0.636 bits per heavy atom. The molecule has 58 valence electrons. The maximum Gasteiger partial charge on any atom is 0.117 e. The highest BCUT2D eigenvalue weighted by molar-refractivity contribution is 5.22. The Kier molecular flexibility index (Phi) is 0.673. The zero-order valence-electron chi connectivity index (χ0n) is 5.84. The monoisotopic (exact) mass is 152 g/mol. The van der Waals surface area contributed by atoms with Gasteiger partial charge in [-0.2, -0.15) is 0 Å². The Morgan fingerprint density at radius 2 is 1.18 bits per heavy atom. The molecular weight excluding hydrogens is 144 g/mol. The van der Waals surface area contributed by atoms with Crippen molar-refractivity contribution in [1.82, 2.24) is 0 Å². The summed E-state index contributed by atoms with van der Waals surface area (Å²) in [6, 6.07) is 0. The van der Waals surface area contributed by atoms with Crippen molar-refractivity contribution in [2.24, 2.45) is 0 Å². The molecule has 1 aliphatic carbocycles. The van der Waals surface area contributed by atoms with Crippen molar-refractivity contribution >= 4 is 0 Å². The number of rotatable bonds is 0. The third-order valence-corrected chi connectivity index (χ3v) is 2.82. The predicted octanol–water partition coefficient (Wildman–Crippen LogP) is -0.142. The molecule has 3 fully saturated rings. The van der Waals surface area contributed by atoms with E-state index in [1.54, 1.807) is 0 Å². The van der Waals surface area contributed by atoms with Crippen LogP contribution in [0.5, 0.6) is 0 Å². The minimum atomic E-state index is 0.329. The molecule has 3 nitrogen and oxygen atoms in total. The summed E-state index contributed by atoms with van der Waals surface area (Å²) >= 11 is 0. The van der Waals surface area contributed by atoms with Crippen LogP contribution in [0.25, 0.3) is 0 Å². The first-order valence-corrected chi connectivity index (χ1v) is 4.08. The first kappa shape index (κ1) is 5.30. The average molecular weight is 152 g/mol. The van der Waals surface area contributed by atoms with E-state index < -0.39 is 0 Å². The highest BCUT2D eigenvalue weighted by Gasteiger charge is 2.65. The van der Waals surface area contributed by atoms with Crippen molar-refractivity contribution < 1.29 is 14.2 Å². The molecule has 0 saturated carbocycles. The van der Waals surface area contributed by atoms with E-state index in [0.717, 1.165) is 0 Å². The molecule has 3 heterocycles. The molecule has 0 radical (unpaired) electrons. The molecule has 0 unspecified atom stereocenters. The van der Waals surface area contributed by atoms with Crippen molar-refractivity contribution in [3.8, 4) is 0 Å². The number of fused-ring (bicyclic) bond motifs is 5. The maximum atomic E-state index is 5.46. The lowest BCUT2D eigenvalue weighted by atomic mass is 10.1. The molecule has 3 saturated heterocycles. The zero-order chi connectivity index (χ0) is 7.00. The summed E-state index contributed by atoms with van der Waals surface area (Å²) in [5.74, 6) is 0. The van der Waals surface area contributed by atoms with Gasteiger partial charge in [-0.15, -0.1) is 0 Å². The molecule has 0 aromatic carbocycles. The van der Waals surface area contributed by atoms with Crippen molar-refractivity contribution in [2.75, 3.05) is 0 Å². The second kappa shape index (κ2) is 1.40. The molecule has 0 bridgehead atoms. The second-order valence-corrected chi connectivity index (χ2v) is 3.58. The fraction of sp³-hybridized carbons (Fsp3) is 0.750. The van der Waals surface area contributed by atoms with Gasteiger partial charge in [0.1, 0.15) is 36.6 Å². The molecule has 0 spiro atoms. The smallest absolute Gasteiger partial charge is 0.117 e. The molecule has 0 amide bonds. The van der Waals surface area contributed by atoms with Crippen molar-refractivity contribution in [2.45, 2.75) is 36.6 Å². The van der Waals surface area contributed by atoms with Crippen LogP contribution >= 0.6 is 0 Å². The lowest BCUT2D eigenvalue weighted by Gasteiger charge is -1.86. The van der Waals surface area contributed by atoms with Crippen LogP contribution < -0.4 is 0 Å². The average Bonchev–Trinajstić information content (AvgIpc) is 2.78. The SMILES string of the molecule is C1=C[C@@H]2O[C@@H]2[C@H]2O[C@H]2[C@H]2O[C@@H]12. The molecule has 4 rings (SSSR count). The van der Waals surface area contributed by atoms with Crippen LogP contribution in [0, 0.1) is 0 Å². The fourth-order valence-electron chi connectivity index (χ4n) is 1.99. The summed E-state index contributed by atoms with van der Waals surface area (Å²) in [6.45, 7) is 0. The molecule has 0 aromatic rings. The van der Waals surface area contributed by atoms with Crippen molar-refractivity contribution in [3.05, 3.63) is 12.2 Å². The molecule has 6 atom stereocenters. The summed E-state index contributed by atoms with van der Waals surface area (Å²) < 4.78 is 16.2. The molecule has 11 heavy (non-hydrogen) atoms. The Morgan fingerprint density at radius 3 is 1.73 bits per heavy atom. The Bertz CT molecular complexity index is 226.